The van der Waals surface area contributed by atoms with E-state index in [0.717, 1.165) is 24.9 Å². The Morgan fingerprint density at radius 2 is 1.92 bits per heavy atom. The highest BCUT2D eigenvalue weighted by molar-refractivity contribution is 6.01. The molecule has 5 aliphatic heterocycles. The molecular formula is C35H36F4N6O3. The van der Waals surface area contributed by atoms with Crippen LogP contribution in [-0.4, -0.2) is 88.8 Å². The van der Waals surface area contributed by atoms with Crippen LogP contribution in [0.3, 0.4) is 0 Å². The van der Waals surface area contributed by atoms with Crippen LogP contribution in [0.15, 0.2) is 36.5 Å². The van der Waals surface area contributed by atoms with Crippen molar-refractivity contribution < 1.29 is 31.8 Å². The Morgan fingerprint density at radius 3 is 2.79 bits per heavy atom. The molecule has 48 heavy (non-hydrogen) atoms. The molecule has 1 N–H and O–H groups in total. The number of halogens is 4. The number of aryl methyl sites for hydroxylation is 1. The van der Waals surface area contributed by atoms with E-state index in [4.69, 9.17) is 9.47 Å². The third kappa shape index (κ3) is 5.36. The highest BCUT2D eigenvalue weighted by Gasteiger charge is 2.49. The number of aromatic nitrogens is 3. The zero-order valence-electron chi connectivity index (χ0n) is 26.6. The Labute approximate surface area is 274 Å². The van der Waals surface area contributed by atoms with Crippen molar-refractivity contribution in [3.05, 3.63) is 53.7 Å². The molecular weight excluding hydrogens is 628 g/mol. The van der Waals surface area contributed by atoms with Crippen molar-refractivity contribution in [1.82, 2.24) is 25.2 Å². The summed E-state index contributed by atoms with van der Waals surface area (Å²) in [6.45, 7) is 3.08. The maximum absolute atomic E-state index is 16.9. The second-order valence-corrected chi connectivity index (χ2v) is 13.9. The highest BCUT2D eigenvalue weighted by Crippen LogP contribution is 2.42. The van der Waals surface area contributed by atoms with E-state index in [1.807, 2.05) is 0 Å². The predicted molar refractivity (Wildman–Crippen MR) is 172 cm³/mol. The standard InChI is InChI=1S/C35H36F4N6O3/c1-34-13-21(36)16-44(18-34)31-25-15-40-29(24-7-2-6-23-26(38)9-8-20(27(23)24)5-3-12-47-33(46)43-34)28(39)30(25)41-32(42-31)48-19-35-10-4-11-45(35)17-22(37)14-35/h2,6-9,15,21-22H,3-5,10-14,16-19H2,1H3,(H,43,46)/t21-,22-,34-,35+/m1/s1. The Morgan fingerprint density at radius 1 is 1.06 bits per heavy atom. The molecule has 4 aromatic rings. The average Bonchev–Trinajstić information content (AvgIpc) is 3.57. The second-order valence-electron chi connectivity index (χ2n) is 13.9. The zero-order valence-corrected chi connectivity index (χ0v) is 26.6. The zero-order chi connectivity index (χ0) is 33.2. The van der Waals surface area contributed by atoms with Gasteiger partial charge in [-0.25, -0.2) is 22.4 Å². The molecule has 13 heteroatoms. The Bertz CT molecular complexity index is 1930. The molecule has 1 amide bonds. The number of hydrogen-bond donors (Lipinski definition) is 1. The molecule has 0 spiro atoms. The molecule has 0 saturated carbocycles. The summed E-state index contributed by atoms with van der Waals surface area (Å²) in [5, 5.41) is 3.87. The van der Waals surface area contributed by atoms with Crippen LogP contribution >= 0.6 is 0 Å². The Hall–Kier alpha value is -4.26. The predicted octanol–water partition coefficient (Wildman–Crippen LogP) is 6.06. The van der Waals surface area contributed by atoms with Gasteiger partial charge >= 0.3 is 12.1 Å². The van der Waals surface area contributed by atoms with E-state index >= 15 is 13.2 Å². The third-order valence-corrected chi connectivity index (χ3v) is 10.4. The van der Waals surface area contributed by atoms with Gasteiger partial charge in [0.15, 0.2) is 5.82 Å². The van der Waals surface area contributed by atoms with E-state index in [-0.39, 0.29) is 61.1 Å². The van der Waals surface area contributed by atoms with Crippen LogP contribution in [0.1, 0.15) is 44.6 Å². The van der Waals surface area contributed by atoms with Gasteiger partial charge in [0.1, 0.15) is 41.8 Å². The number of rotatable bonds is 3. The first-order valence-electron chi connectivity index (χ1n) is 16.5. The van der Waals surface area contributed by atoms with E-state index in [1.165, 1.54) is 12.3 Å². The van der Waals surface area contributed by atoms with Gasteiger partial charge in [0.25, 0.3) is 0 Å². The van der Waals surface area contributed by atoms with Crippen LogP contribution in [0.4, 0.5) is 28.2 Å². The molecule has 4 atom stereocenters. The van der Waals surface area contributed by atoms with E-state index in [1.54, 1.807) is 36.1 Å². The number of ether oxygens (including phenoxy) is 2. The molecule has 5 aliphatic rings. The number of piperidine rings is 1. The van der Waals surface area contributed by atoms with Crippen molar-refractivity contribution in [2.75, 3.05) is 44.3 Å². The summed E-state index contributed by atoms with van der Waals surface area (Å²) in [6.07, 6.45) is 1.31. The number of anilines is 1. The highest BCUT2D eigenvalue weighted by atomic mass is 19.1. The van der Waals surface area contributed by atoms with Crippen molar-refractivity contribution in [1.29, 1.82) is 0 Å². The maximum Gasteiger partial charge on any atom is 0.407 e. The fraction of sp³-hybridized carbons (Fsp3) is 0.486. The van der Waals surface area contributed by atoms with Crippen LogP contribution < -0.4 is 15.0 Å². The molecule has 0 aliphatic carbocycles. The maximum atomic E-state index is 16.9. The molecule has 3 fully saturated rings. The normalized spacial score (nSPS) is 27.7. The lowest BCUT2D eigenvalue weighted by Crippen LogP contribution is -2.60. The number of fused-ring (bicyclic) bond motifs is 7. The van der Waals surface area contributed by atoms with E-state index in [9.17, 15) is 9.18 Å². The van der Waals surface area contributed by atoms with Crippen LogP contribution in [0.2, 0.25) is 0 Å². The number of hydrogen-bond acceptors (Lipinski definition) is 8. The van der Waals surface area contributed by atoms with E-state index in [0.29, 0.717) is 42.1 Å². The van der Waals surface area contributed by atoms with E-state index < -0.39 is 41.1 Å². The molecule has 0 radical (unpaired) electrons. The lowest BCUT2D eigenvalue weighted by molar-refractivity contribution is 0.107. The fourth-order valence-corrected chi connectivity index (χ4v) is 8.32. The number of alkyl carbamates (subject to hydrolysis) is 1. The lowest BCUT2D eigenvalue weighted by Gasteiger charge is -2.42. The molecule has 9 rings (SSSR count). The van der Waals surface area contributed by atoms with Gasteiger partial charge in [0.05, 0.1) is 29.6 Å². The van der Waals surface area contributed by atoms with Crippen LogP contribution in [0, 0.1) is 11.6 Å². The van der Waals surface area contributed by atoms with Crippen LogP contribution in [0.25, 0.3) is 32.9 Å². The minimum absolute atomic E-state index is 0.0311. The van der Waals surface area contributed by atoms with Gasteiger partial charge in [-0.15, -0.1) is 0 Å². The first-order chi connectivity index (χ1) is 23.1. The number of benzene rings is 2. The first kappa shape index (κ1) is 31.0. The number of carbonyl (C=O) groups excluding carboxylic acids is 1. The first-order valence-corrected chi connectivity index (χ1v) is 16.5. The minimum atomic E-state index is -1.36. The summed E-state index contributed by atoms with van der Waals surface area (Å²) >= 11 is 0. The van der Waals surface area contributed by atoms with Gasteiger partial charge in [-0.3, -0.25) is 9.88 Å². The third-order valence-electron chi connectivity index (χ3n) is 10.4. The molecule has 9 nitrogen and oxygen atoms in total. The molecule has 2 aromatic heterocycles. The van der Waals surface area contributed by atoms with Crippen LogP contribution in [-0.2, 0) is 11.2 Å². The fourth-order valence-electron chi connectivity index (χ4n) is 8.32. The van der Waals surface area contributed by atoms with Crippen molar-refractivity contribution in [3.8, 4) is 17.3 Å². The van der Waals surface area contributed by atoms with Gasteiger partial charge < -0.3 is 19.7 Å². The van der Waals surface area contributed by atoms with Gasteiger partial charge in [0, 0.05) is 43.1 Å². The SMILES string of the molecule is C[C@@]12C[C@@H](F)CN(C1)c1nc(OC[C@@]34CCCN3C[C@H](F)C4)nc3c(F)c(ncc13)-c1cccc3c(F)ccc(c13)CCCOC(=O)N2. The number of carbonyl (C=O) groups is 1. The van der Waals surface area contributed by atoms with Crippen molar-refractivity contribution in [2.24, 2.45) is 0 Å². The Balaban J connectivity index is 1.31. The summed E-state index contributed by atoms with van der Waals surface area (Å²) in [6, 6.07) is 7.85. The minimum Gasteiger partial charge on any atom is -0.461 e. The number of pyridine rings is 1. The molecule has 7 heterocycles. The summed E-state index contributed by atoms with van der Waals surface area (Å²) in [4.78, 5) is 30.4. The van der Waals surface area contributed by atoms with Gasteiger partial charge in [-0.05, 0) is 56.2 Å². The molecule has 6 bridgehead atoms. The van der Waals surface area contributed by atoms with Crippen molar-refractivity contribution in [3.63, 3.8) is 0 Å². The molecule has 0 unspecified atom stereocenters. The summed E-state index contributed by atoms with van der Waals surface area (Å²) in [5.74, 6) is -1.02. The largest absolute Gasteiger partial charge is 0.461 e. The lowest BCUT2D eigenvalue weighted by atomic mass is 9.90. The van der Waals surface area contributed by atoms with Crippen molar-refractivity contribution in [2.45, 2.75) is 68.9 Å². The monoisotopic (exact) mass is 664 g/mol. The van der Waals surface area contributed by atoms with Crippen LogP contribution in [0.5, 0.6) is 6.01 Å². The topological polar surface area (TPSA) is 92.7 Å². The van der Waals surface area contributed by atoms with Gasteiger partial charge in [-0.1, -0.05) is 24.3 Å². The van der Waals surface area contributed by atoms with E-state index in [2.05, 4.69) is 25.2 Å². The number of nitrogens with zero attached hydrogens (tertiary/aromatic N) is 5. The summed E-state index contributed by atoms with van der Waals surface area (Å²) in [5.41, 5.74) is -0.562. The van der Waals surface area contributed by atoms with Crippen molar-refractivity contribution >= 4 is 33.6 Å². The number of nitrogens with one attached hydrogen (secondary N) is 1. The van der Waals surface area contributed by atoms with Gasteiger partial charge in [-0.2, -0.15) is 9.97 Å². The molecule has 2 aromatic carbocycles. The molecule has 3 saturated heterocycles. The summed E-state index contributed by atoms with van der Waals surface area (Å²) in [7, 11) is 0. The Kier molecular flexibility index (Phi) is 7.57. The average molecular weight is 665 g/mol. The number of alkyl halides is 2. The number of amides is 1. The molecule has 252 valence electrons. The van der Waals surface area contributed by atoms with Gasteiger partial charge in [0.2, 0.25) is 0 Å². The smallest absolute Gasteiger partial charge is 0.407 e. The second kappa shape index (κ2) is 11.7. The summed E-state index contributed by atoms with van der Waals surface area (Å²) < 4.78 is 73.7. The quantitative estimate of drug-likeness (QED) is 0.265.